The summed E-state index contributed by atoms with van der Waals surface area (Å²) >= 11 is 5.97. The minimum Gasteiger partial charge on any atom is -0.465 e. The molecule has 0 saturated carbocycles. The van der Waals surface area contributed by atoms with E-state index in [1.807, 2.05) is 30.9 Å². The van der Waals surface area contributed by atoms with Gasteiger partial charge in [-0.1, -0.05) is 23.7 Å². The number of rotatable bonds is 14. The first-order valence-corrected chi connectivity index (χ1v) is 14.3. The van der Waals surface area contributed by atoms with Crippen molar-refractivity contribution in [1.29, 1.82) is 0 Å². The number of amides is 2. The number of nitrogens with one attached hydrogen (secondary N) is 1. The largest absolute Gasteiger partial charge is 0.465 e. The van der Waals surface area contributed by atoms with Crippen molar-refractivity contribution < 1.29 is 23.9 Å². The fraction of sp³-hybridized carbons (Fsp3) is 0.500. The molecule has 1 fully saturated rings. The Morgan fingerprint density at radius 2 is 1.63 bits per heavy atom. The zero-order chi connectivity index (χ0) is 28.9. The molecule has 2 amide bonds. The highest BCUT2D eigenvalue weighted by molar-refractivity contribution is 6.30. The number of anilines is 1. The number of esters is 1. The lowest BCUT2D eigenvalue weighted by Crippen LogP contribution is -2.49. The molecule has 11 heteroatoms. The molecule has 0 spiro atoms. The number of carbonyl (C=O) groups is 3. The quantitative estimate of drug-likeness (QED) is 0.327. The third-order valence-corrected chi connectivity index (χ3v) is 6.89. The number of halogens is 2. The van der Waals surface area contributed by atoms with Gasteiger partial charge in [-0.05, 0) is 69.2 Å². The van der Waals surface area contributed by atoms with E-state index in [0.29, 0.717) is 37.5 Å². The SMILES string of the molecule is CCOC(=O)CNCC(=O)N(CCOC(C)C)c1ccc(C(=O)N2CCN(CCc3ccc(Cl)cc3)CC2)cc1.Cl. The summed E-state index contributed by atoms with van der Waals surface area (Å²) in [5, 5.41) is 3.58. The summed E-state index contributed by atoms with van der Waals surface area (Å²) < 4.78 is 10.6. The molecule has 1 heterocycles. The van der Waals surface area contributed by atoms with E-state index in [2.05, 4.69) is 22.3 Å². The lowest BCUT2D eigenvalue weighted by molar-refractivity contribution is -0.142. The van der Waals surface area contributed by atoms with Crippen LogP contribution >= 0.6 is 24.0 Å². The summed E-state index contributed by atoms with van der Waals surface area (Å²) in [6.07, 6.45) is 0.985. The average Bonchev–Trinajstić information content (AvgIpc) is 2.95. The van der Waals surface area contributed by atoms with Crippen molar-refractivity contribution in [3.8, 4) is 0 Å². The van der Waals surface area contributed by atoms with Crippen molar-refractivity contribution in [1.82, 2.24) is 15.1 Å². The van der Waals surface area contributed by atoms with Gasteiger partial charge in [0, 0.05) is 55.5 Å². The van der Waals surface area contributed by atoms with Gasteiger partial charge in [-0.25, -0.2) is 0 Å². The number of hydrogen-bond acceptors (Lipinski definition) is 7. The first kappa shape index (κ1) is 34.5. The Hall–Kier alpha value is -2.69. The minimum absolute atomic E-state index is 0. The van der Waals surface area contributed by atoms with Gasteiger partial charge in [-0.2, -0.15) is 0 Å². The smallest absolute Gasteiger partial charge is 0.319 e. The van der Waals surface area contributed by atoms with Crippen LogP contribution in [-0.2, 0) is 25.5 Å². The Morgan fingerprint density at radius 1 is 0.976 bits per heavy atom. The van der Waals surface area contributed by atoms with Crippen LogP contribution in [0.25, 0.3) is 0 Å². The van der Waals surface area contributed by atoms with Gasteiger partial charge in [-0.15, -0.1) is 12.4 Å². The van der Waals surface area contributed by atoms with E-state index in [-0.39, 0.29) is 50.0 Å². The maximum Gasteiger partial charge on any atom is 0.319 e. The molecule has 41 heavy (non-hydrogen) atoms. The standard InChI is InChI=1S/C30H41ClN4O5.ClH/c1-4-39-29(37)22-32-21-28(36)35(19-20-40-23(2)3)27-11-7-25(8-12-27)30(38)34-17-15-33(16-18-34)14-13-24-5-9-26(31)10-6-24;/h5-12,23,32H,4,13-22H2,1-3H3;1H. The number of carbonyl (C=O) groups excluding carboxylic acids is 3. The topological polar surface area (TPSA) is 91.4 Å². The summed E-state index contributed by atoms with van der Waals surface area (Å²) in [7, 11) is 0. The van der Waals surface area contributed by atoms with Crippen molar-refractivity contribution in [2.45, 2.75) is 33.3 Å². The highest BCUT2D eigenvalue weighted by atomic mass is 35.5. The molecule has 226 valence electrons. The Bertz CT molecular complexity index is 1090. The normalized spacial score (nSPS) is 13.5. The van der Waals surface area contributed by atoms with E-state index < -0.39 is 5.97 Å². The summed E-state index contributed by atoms with van der Waals surface area (Å²) in [6, 6.07) is 15.0. The lowest BCUT2D eigenvalue weighted by atomic mass is 10.1. The second-order valence-corrected chi connectivity index (χ2v) is 10.4. The molecular weight excluding hydrogens is 567 g/mol. The van der Waals surface area contributed by atoms with Crippen LogP contribution < -0.4 is 10.2 Å². The summed E-state index contributed by atoms with van der Waals surface area (Å²) in [4.78, 5) is 43.6. The van der Waals surface area contributed by atoms with Crippen LogP contribution in [0.1, 0.15) is 36.7 Å². The summed E-state index contributed by atoms with van der Waals surface area (Å²) in [5.74, 6) is -0.623. The van der Waals surface area contributed by atoms with Crippen LogP contribution in [0.15, 0.2) is 48.5 Å². The van der Waals surface area contributed by atoms with Crippen molar-refractivity contribution >= 4 is 47.5 Å². The third-order valence-electron chi connectivity index (χ3n) is 6.63. The molecular formula is C30H42Cl2N4O5. The van der Waals surface area contributed by atoms with E-state index in [1.54, 1.807) is 36.1 Å². The van der Waals surface area contributed by atoms with E-state index in [0.717, 1.165) is 31.1 Å². The van der Waals surface area contributed by atoms with E-state index in [1.165, 1.54) is 5.56 Å². The van der Waals surface area contributed by atoms with Crippen LogP contribution in [0.4, 0.5) is 5.69 Å². The van der Waals surface area contributed by atoms with Gasteiger partial charge >= 0.3 is 5.97 Å². The number of hydrogen-bond donors (Lipinski definition) is 1. The molecule has 2 aromatic rings. The van der Waals surface area contributed by atoms with E-state index in [9.17, 15) is 14.4 Å². The Labute approximate surface area is 254 Å². The first-order valence-electron chi connectivity index (χ1n) is 13.9. The van der Waals surface area contributed by atoms with Crippen LogP contribution in [0.2, 0.25) is 5.02 Å². The molecule has 0 unspecified atom stereocenters. The summed E-state index contributed by atoms with van der Waals surface area (Å²) in [5.41, 5.74) is 2.50. The van der Waals surface area contributed by atoms with Gasteiger partial charge in [0.2, 0.25) is 5.91 Å². The van der Waals surface area contributed by atoms with Gasteiger partial charge in [0.05, 0.1) is 32.4 Å². The lowest BCUT2D eigenvalue weighted by Gasteiger charge is -2.35. The minimum atomic E-state index is -0.407. The average molecular weight is 610 g/mol. The van der Waals surface area contributed by atoms with Crippen molar-refractivity contribution in [3.63, 3.8) is 0 Å². The molecule has 2 aromatic carbocycles. The second kappa shape index (κ2) is 18.0. The Kier molecular flexibility index (Phi) is 15.1. The highest BCUT2D eigenvalue weighted by Gasteiger charge is 2.23. The van der Waals surface area contributed by atoms with Crippen molar-refractivity contribution in [2.24, 2.45) is 0 Å². The molecule has 1 aliphatic rings. The van der Waals surface area contributed by atoms with Gasteiger partial charge in [0.15, 0.2) is 0 Å². The summed E-state index contributed by atoms with van der Waals surface area (Å²) in [6.45, 7) is 10.5. The molecule has 0 aliphatic carbocycles. The predicted octanol–water partition coefficient (Wildman–Crippen LogP) is 3.67. The Morgan fingerprint density at radius 3 is 2.24 bits per heavy atom. The first-order chi connectivity index (χ1) is 19.3. The van der Waals surface area contributed by atoms with Gasteiger partial charge < -0.3 is 19.3 Å². The van der Waals surface area contributed by atoms with Crippen LogP contribution in [0, 0.1) is 0 Å². The predicted molar refractivity (Wildman–Crippen MR) is 164 cm³/mol. The number of nitrogens with zero attached hydrogens (tertiary/aromatic N) is 3. The zero-order valence-corrected chi connectivity index (χ0v) is 25.7. The Balaban J connectivity index is 0.00000588. The van der Waals surface area contributed by atoms with Crippen LogP contribution in [-0.4, -0.2) is 99.3 Å². The van der Waals surface area contributed by atoms with Crippen LogP contribution in [0.3, 0.4) is 0 Å². The monoisotopic (exact) mass is 608 g/mol. The molecule has 0 atom stereocenters. The molecule has 1 aliphatic heterocycles. The van der Waals surface area contributed by atoms with Crippen LogP contribution in [0.5, 0.6) is 0 Å². The van der Waals surface area contributed by atoms with Crippen molar-refractivity contribution in [3.05, 3.63) is 64.7 Å². The fourth-order valence-corrected chi connectivity index (χ4v) is 4.56. The molecule has 1 N–H and O–H groups in total. The molecule has 9 nitrogen and oxygen atoms in total. The second-order valence-electron chi connectivity index (χ2n) is 9.93. The van der Waals surface area contributed by atoms with Crippen molar-refractivity contribution in [2.75, 3.05) is 70.5 Å². The number of benzene rings is 2. The van der Waals surface area contributed by atoms with E-state index in [4.69, 9.17) is 21.1 Å². The fourth-order valence-electron chi connectivity index (χ4n) is 4.44. The maximum absolute atomic E-state index is 13.2. The number of piperazine rings is 1. The van der Waals surface area contributed by atoms with E-state index >= 15 is 0 Å². The zero-order valence-electron chi connectivity index (χ0n) is 24.1. The number of ether oxygens (including phenoxy) is 2. The van der Waals surface area contributed by atoms with Gasteiger partial charge in [-0.3, -0.25) is 24.6 Å². The molecule has 3 rings (SSSR count). The molecule has 1 saturated heterocycles. The molecule has 0 bridgehead atoms. The maximum atomic E-state index is 13.2. The highest BCUT2D eigenvalue weighted by Crippen LogP contribution is 2.18. The molecule has 0 radical (unpaired) electrons. The third kappa shape index (κ3) is 11.6. The molecule has 0 aromatic heterocycles. The van der Waals surface area contributed by atoms with Gasteiger partial charge in [0.25, 0.3) is 5.91 Å². The van der Waals surface area contributed by atoms with Gasteiger partial charge in [0.1, 0.15) is 0 Å².